The molecule has 1 heterocycles. The normalized spacial score (nSPS) is 24.8. The zero-order valence-electron chi connectivity index (χ0n) is 15.2. The van der Waals surface area contributed by atoms with Crippen molar-refractivity contribution in [1.82, 2.24) is 10.2 Å². The van der Waals surface area contributed by atoms with E-state index in [2.05, 4.69) is 12.2 Å². The number of hydrogen-bond acceptors (Lipinski definition) is 3. The largest absolute Gasteiger partial charge is 0.354 e. The smallest absolute Gasteiger partial charge is 0.233 e. The fraction of sp³-hybridized carbons (Fsp3) is 0.842. The number of rotatable bonds is 9. The van der Waals surface area contributed by atoms with Crippen molar-refractivity contribution in [3.8, 4) is 0 Å². The summed E-state index contributed by atoms with van der Waals surface area (Å²) in [5.74, 6) is -0.401. The lowest BCUT2D eigenvalue weighted by Gasteiger charge is -2.19. The van der Waals surface area contributed by atoms with Crippen LogP contribution >= 0.6 is 0 Å². The highest BCUT2D eigenvalue weighted by Gasteiger charge is 2.47. The maximum atomic E-state index is 12.4. The predicted octanol–water partition coefficient (Wildman–Crippen LogP) is 3.03. The summed E-state index contributed by atoms with van der Waals surface area (Å²) in [4.78, 5) is 38.1. The fourth-order valence-electron chi connectivity index (χ4n) is 3.96. The molecule has 1 aliphatic carbocycles. The molecule has 1 saturated heterocycles. The molecule has 1 N–H and O–H groups in total. The molecule has 5 heteroatoms. The molecule has 0 spiro atoms. The molecule has 3 atom stereocenters. The Labute approximate surface area is 145 Å². The Kier molecular flexibility index (Phi) is 7.25. The van der Waals surface area contributed by atoms with Crippen molar-refractivity contribution in [3.05, 3.63) is 0 Å². The Balaban J connectivity index is 1.71. The van der Waals surface area contributed by atoms with Gasteiger partial charge in [0.1, 0.15) is 0 Å². The van der Waals surface area contributed by atoms with Crippen LogP contribution in [0, 0.1) is 11.8 Å². The van der Waals surface area contributed by atoms with Gasteiger partial charge in [0, 0.05) is 19.0 Å². The number of hydrogen-bond donors (Lipinski definition) is 1. The van der Waals surface area contributed by atoms with Gasteiger partial charge < -0.3 is 5.32 Å². The van der Waals surface area contributed by atoms with Crippen LogP contribution in [0.1, 0.15) is 78.1 Å². The second-order valence-corrected chi connectivity index (χ2v) is 7.39. The van der Waals surface area contributed by atoms with Gasteiger partial charge in [0.25, 0.3) is 0 Å². The molecule has 0 aromatic rings. The predicted molar refractivity (Wildman–Crippen MR) is 93.1 cm³/mol. The molecule has 0 aromatic carbocycles. The first-order valence-electron chi connectivity index (χ1n) is 9.69. The SMILES string of the molecule is CCCCCCC(C)NC(=O)CCN1C(=O)C2CCCCC2C1=O. The molecule has 24 heavy (non-hydrogen) atoms. The van der Waals surface area contributed by atoms with Crippen LogP contribution < -0.4 is 5.32 Å². The number of fused-ring (bicyclic) bond motifs is 1. The van der Waals surface area contributed by atoms with Gasteiger partial charge in [-0.15, -0.1) is 0 Å². The van der Waals surface area contributed by atoms with E-state index < -0.39 is 0 Å². The van der Waals surface area contributed by atoms with E-state index in [4.69, 9.17) is 0 Å². The third kappa shape index (κ3) is 4.81. The average molecular weight is 336 g/mol. The zero-order chi connectivity index (χ0) is 17.5. The summed E-state index contributed by atoms with van der Waals surface area (Å²) in [6.45, 7) is 4.44. The first-order valence-corrected chi connectivity index (χ1v) is 9.69. The van der Waals surface area contributed by atoms with Crippen molar-refractivity contribution in [1.29, 1.82) is 0 Å². The second-order valence-electron chi connectivity index (χ2n) is 7.39. The number of nitrogens with one attached hydrogen (secondary N) is 1. The summed E-state index contributed by atoms with van der Waals surface area (Å²) in [6.07, 6.45) is 9.70. The summed E-state index contributed by atoms with van der Waals surface area (Å²) in [5.41, 5.74) is 0. The fourth-order valence-corrected chi connectivity index (χ4v) is 3.96. The molecule has 1 saturated carbocycles. The minimum Gasteiger partial charge on any atom is -0.354 e. The molecule has 1 aliphatic heterocycles. The Morgan fingerprint density at radius 2 is 1.75 bits per heavy atom. The lowest BCUT2D eigenvalue weighted by molar-refractivity contribution is -0.140. The van der Waals surface area contributed by atoms with Gasteiger partial charge in [0.05, 0.1) is 11.8 Å². The molecule has 3 amide bonds. The molecular formula is C19H32N2O3. The van der Waals surface area contributed by atoms with E-state index in [1.807, 2.05) is 6.92 Å². The standard InChI is InChI=1S/C19H32N2O3/c1-3-4-5-6-9-14(2)20-17(22)12-13-21-18(23)15-10-7-8-11-16(15)19(21)24/h14-16H,3-13H2,1-2H3,(H,20,22). The molecule has 0 radical (unpaired) electrons. The second kappa shape index (κ2) is 9.19. The third-order valence-corrected chi connectivity index (χ3v) is 5.39. The van der Waals surface area contributed by atoms with Crippen molar-refractivity contribution in [2.24, 2.45) is 11.8 Å². The van der Waals surface area contributed by atoms with Gasteiger partial charge in [0.15, 0.2) is 0 Å². The summed E-state index contributed by atoms with van der Waals surface area (Å²) in [7, 11) is 0. The molecule has 2 rings (SSSR count). The molecule has 2 aliphatic rings. The lowest BCUT2D eigenvalue weighted by Crippen LogP contribution is -2.38. The summed E-state index contributed by atoms with van der Waals surface area (Å²) in [6, 6.07) is 0.155. The van der Waals surface area contributed by atoms with Crippen molar-refractivity contribution in [2.75, 3.05) is 6.54 Å². The maximum Gasteiger partial charge on any atom is 0.233 e. The van der Waals surface area contributed by atoms with Gasteiger partial charge in [-0.25, -0.2) is 0 Å². The van der Waals surface area contributed by atoms with E-state index in [-0.39, 0.29) is 48.6 Å². The van der Waals surface area contributed by atoms with E-state index in [0.717, 1.165) is 38.5 Å². The number of imide groups is 1. The van der Waals surface area contributed by atoms with E-state index in [9.17, 15) is 14.4 Å². The quantitative estimate of drug-likeness (QED) is 0.520. The lowest BCUT2D eigenvalue weighted by atomic mass is 9.81. The number of amides is 3. The summed E-state index contributed by atoms with van der Waals surface area (Å²) in [5, 5.41) is 2.98. The number of likely N-dealkylation sites (tertiary alicyclic amines) is 1. The van der Waals surface area contributed by atoms with Crippen LogP contribution in [0.2, 0.25) is 0 Å². The van der Waals surface area contributed by atoms with E-state index in [1.54, 1.807) is 0 Å². The third-order valence-electron chi connectivity index (χ3n) is 5.39. The number of carbonyl (C=O) groups excluding carboxylic acids is 3. The van der Waals surface area contributed by atoms with Gasteiger partial charge >= 0.3 is 0 Å². The topological polar surface area (TPSA) is 66.5 Å². The number of carbonyl (C=O) groups is 3. The van der Waals surface area contributed by atoms with E-state index in [1.165, 1.54) is 24.2 Å². The van der Waals surface area contributed by atoms with Crippen molar-refractivity contribution in [2.45, 2.75) is 84.1 Å². The van der Waals surface area contributed by atoms with E-state index >= 15 is 0 Å². The molecule has 3 unspecified atom stereocenters. The first-order chi connectivity index (χ1) is 11.5. The Bertz CT molecular complexity index is 440. The van der Waals surface area contributed by atoms with Gasteiger partial charge in [0.2, 0.25) is 17.7 Å². The van der Waals surface area contributed by atoms with Gasteiger partial charge in [-0.3, -0.25) is 19.3 Å². The monoisotopic (exact) mass is 336 g/mol. The first kappa shape index (κ1) is 18.9. The van der Waals surface area contributed by atoms with Gasteiger partial charge in [-0.1, -0.05) is 45.4 Å². The Morgan fingerprint density at radius 1 is 1.12 bits per heavy atom. The Hall–Kier alpha value is -1.39. The minimum absolute atomic E-state index is 0.0508. The molecule has 5 nitrogen and oxygen atoms in total. The highest BCUT2D eigenvalue weighted by Crippen LogP contribution is 2.37. The van der Waals surface area contributed by atoms with Crippen LogP contribution in [-0.2, 0) is 14.4 Å². The maximum absolute atomic E-state index is 12.4. The molecular weight excluding hydrogens is 304 g/mol. The highest BCUT2D eigenvalue weighted by molar-refractivity contribution is 6.05. The molecule has 136 valence electrons. The molecule has 0 aromatic heterocycles. The highest BCUT2D eigenvalue weighted by atomic mass is 16.2. The van der Waals surface area contributed by atoms with Crippen LogP contribution in [0.4, 0.5) is 0 Å². The van der Waals surface area contributed by atoms with Crippen molar-refractivity contribution < 1.29 is 14.4 Å². The zero-order valence-corrected chi connectivity index (χ0v) is 15.2. The van der Waals surface area contributed by atoms with Crippen molar-refractivity contribution in [3.63, 3.8) is 0 Å². The summed E-state index contributed by atoms with van der Waals surface area (Å²) >= 11 is 0. The Morgan fingerprint density at radius 3 is 2.33 bits per heavy atom. The minimum atomic E-state index is -0.119. The van der Waals surface area contributed by atoms with Crippen LogP contribution in [0.15, 0.2) is 0 Å². The van der Waals surface area contributed by atoms with Crippen LogP contribution in [0.3, 0.4) is 0 Å². The average Bonchev–Trinajstić information content (AvgIpc) is 2.81. The van der Waals surface area contributed by atoms with Crippen LogP contribution in [0.5, 0.6) is 0 Å². The molecule has 2 fully saturated rings. The number of unbranched alkanes of at least 4 members (excludes halogenated alkanes) is 3. The summed E-state index contributed by atoms with van der Waals surface area (Å²) < 4.78 is 0. The van der Waals surface area contributed by atoms with E-state index in [0.29, 0.717) is 0 Å². The van der Waals surface area contributed by atoms with Crippen LogP contribution in [0.25, 0.3) is 0 Å². The van der Waals surface area contributed by atoms with Gasteiger partial charge in [-0.05, 0) is 26.2 Å². The van der Waals surface area contributed by atoms with Gasteiger partial charge in [-0.2, -0.15) is 0 Å². The number of nitrogens with zero attached hydrogens (tertiary/aromatic N) is 1. The van der Waals surface area contributed by atoms with Crippen LogP contribution in [-0.4, -0.2) is 35.2 Å². The van der Waals surface area contributed by atoms with Crippen molar-refractivity contribution >= 4 is 17.7 Å². The molecule has 0 bridgehead atoms.